The van der Waals surface area contributed by atoms with Gasteiger partial charge < -0.3 is 10.1 Å². The Labute approximate surface area is 237 Å². The Kier molecular flexibility index (Phi) is 9.48. The topological polar surface area (TPSA) is 79.0 Å². The highest BCUT2D eigenvalue weighted by atomic mass is 19.1. The van der Waals surface area contributed by atoms with E-state index in [0.29, 0.717) is 18.5 Å². The van der Waals surface area contributed by atoms with Crippen LogP contribution < -0.4 is 10.2 Å². The second-order valence-electron chi connectivity index (χ2n) is 12.0. The molecule has 3 amide bonds. The molecule has 4 rings (SSSR count). The zero-order valence-corrected chi connectivity index (χ0v) is 24.1. The molecular weight excluding hydrogens is 509 g/mol. The van der Waals surface area contributed by atoms with Crippen molar-refractivity contribution >= 4 is 23.6 Å². The van der Waals surface area contributed by atoms with Crippen molar-refractivity contribution in [3.8, 4) is 0 Å². The zero-order valence-electron chi connectivity index (χ0n) is 24.1. The lowest BCUT2D eigenvalue weighted by atomic mass is 9.93. The number of carbonyl (C=O) groups excluding carboxylic acids is 3. The number of aryl methyl sites for hydroxylation is 1. The molecule has 1 heterocycles. The van der Waals surface area contributed by atoms with Crippen LogP contribution in [0.3, 0.4) is 0 Å². The second-order valence-corrected chi connectivity index (χ2v) is 12.0. The van der Waals surface area contributed by atoms with E-state index in [1.165, 1.54) is 28.0 Å². The number of nitrogens with one attached hydrogen (secondary N) is 1. The first-order valence-electron chi connectivity index (χ1n) is 14.5. The number of piperidine rings is 1. The molecular formula is C32H42FN3O4. The second kappa shape index (κ2) is 12.8. The number of anilines is 1. The molecule has 0 bridgehead atoms. The fourth-order valence-corrected chi connectivity index (χ4v) is 5.74. The molecule has 216 valence electrons. The van der Waals surface area contributed by atoms with Gasteiger partial charge in [0.05, 0.1) is 0 Å². The van der Waals surface area contributed by atoms with Crippen LogP contribution in [0.15, 0.2) is 48.5 Å². The summed E-state index contributed by atoms with van der Waals surface area (Å²) in [4.78, 5) is 44.8. The summed E-state index contributed by atoms with van der Waals surface area (Å²) in [5.41, 5.74) is 1.04. The maximum Gasteiger partial charge on any atom is 0.410 e. The molecule has 2 aromatic rings. The summed E-state index contributed by atoms with van der Waals surface area (Å²) in [6.45, 7) is 7.63. The molecule has 8 heteroatoms. The Morgan fingerprint density at radius 3 is 2.35 bits per heavy atom. The molecule has 2 aliphatic rings. The Morgan fingerprint density at radius 2 is 1.68 bits per heavy atom. The van der Waals surface area contributed by atoms with E-state index in [0.717, 1.165) is 50.5 Å². The molecule has 0 aromatic heterocycles. The van der Waals surface area contributed by atoms with Crippen LogP contribution >= 0.6 is 0 Å². The summed E-state index contributed by atoms with van der Waals surface area (Å²) >= 11 is 0. The predicted molar refractivity (Wildman–Crippen MR) is 153 cm³/mol. The molecule has 2 fully saturated rings. The number of likely N-dealkylation sites (tertiary alicyclic amines) is 1. The van der Waals surface area contributed by atoms with Crippen molar-refractivity contribution in [2.24, 2.45) is 0 Å². The number of halogens is 1. The normalized spacial score (nSPS) is 19.0. The van der Waals surface area contributed by atoms with E-state index < -0.39 is 35.5 Å². The number of hydrogen-bond acceptors (Lipinski definition) is 4. The minimum Gasteiger partial charge on any atom is -0.444 e. The van der Waals surface area contributed by atoms with Crippen molar-refractivity contribution < 1.29 is 23.5 Å². The average molecular weight is 552 g/mol. The molecule has 40 heavy (non-hydrogen) atoms. The van der Waals surface area contributed by atoms with E-state index in [-0.39, 0.29) is 17.6 Å². The Bertz CT molecular complexity index is 1200. The minimum atomic E-state index is -1.04. The van der Waals surface area contributed by atoms with Crippen molar-refractivity contribution in [2.75, 3.05) is 11.4 Å². The van der Waals surface area contributed by atoms with Crippen LogP contribution in [-0.4, -0.2) is 47.0 Å². The first-order valence-corrected chi connectivity index (χ1v) is 14.5. The number of ether oxygens (including phenoxy) is 1. The fraction of sp³-hybridized carbons (Fsp3) is 0.531. The van der Waals surface area contributed by atoms with Gasteiger partial charge in [-0.15, -0.1) is 0 Å². The van der Waals surface area contributed by atoms with E-state index in [4.69, 9.17) is 4.74 Å². The first-order chi connectivity index (χ1) is 19.0. The van der Waals surface area contributed by atoms with E-state index in [9.17, 15) is 18.8 Å². The van der Waals surface area contributed by atoms with Crippen LogP contribution in [0.4, 0.5) is 14.9 Å². The summed E-state index contributed by atoms with van der Waals surface area (Å²) in [7, 11) is 0. The molecule has 1 saturated carbocycles. The molecule has 1 saturated heterocycles. The Balaban J connectivity index is 1.79. The highest BCUT2D eigenvalue weighted by Crippen LogP contribution is 2.34. The van der Waals surface area contributed by atoms with Crippen LogP contribution in [0.25, 0.3) is 0 Å². The Morgan fingerprint density at radius 1 is 0.975 bits per heavy atom. The third-order valence-electron chi connectivity index (χ3n) is 7.68. The number of rotatable bonds is 6. The molecule has 1 aliphatic heterocycles. The van der Waals surface area contributed by atoms with Crippen LogP contribution in [0.5, 0.6) is 0 Å². The number of benzene rings is 2. The first kappa shape index (κ1) is 29.6. The van der Waals surface area contributed by atoms with Crippen LogP contribution in [0.2, 0.25) is 0 Å². The van der Waals surface area contributed by atoms with Gasteiger partial charge in [0.25, 0.3) is 5.91 Å². The van der Waals surface area contributed by atoms with Gasteiger partial charge in [-0.2, -0.15) is 0 Å². The quantitative estimate of drug-likeness (QED) is 0.448. The molecule has 7 nitrogen and oxygen atoms in total. The van der Waals surface area contributed by atoms with Gasteiger partial charge in [-0.3, -0.25) is 19.4 Å². The molecule has 0 spiro atoms. The van der Waals surface area contributed by atoms with Crippen LogP contribution in [-0.2, 0) is 14.3 Å². The predicted octanol–water partition coefficient (Wildman–Crippen LogP) is 6.45. The minimum absolute atomic E-state index is 0.0187. The number of carbonyl (C=O) groups is 3. The molecule has 1 unspecified atom stereocenters. The molecule has 1 N–H and O–H groups in total. The number of amides is 3. The van der Waals surface area contributed by atoms with Gasteiger partial charge in [-0.25, -0.2) is 9.18 Å². The maximum absolute atomic E-state index is 14.6. The smallest absolute Gasteiger partial charge is 0.410 e. The standard InChI is InChI=1S/C32H42FN3O4/c1-22-13-8-9-18-26(22)28(29(37)34-24-15-6-5-7-16-24)36(25-17-12-14-23(33)21-25)30(38)27-19-10-11-20-35(27)31(39)40-32(2,3)4/h8-9,12-14,17-18,21,24,27-28H,5-7,10-11,15-16,19-20H2,1-4H3,(H,34,37)/t27?,28-/m1/s1. The average Bonchev–Trinajstić information content (AvgIpc) is 2.91. The van der Waals surface area contributed by atoms with Gasteiger partial charge in [-0.1, -0.05) is 49.6 Å². The van der Waals surface area contributed by atoms with Crippen molar-refractivity contribution in [2.45, 2.75) is 103 Å². The van der Waals surface area contributed by atoms with E-state index in [1.54, 1.807) is 26.8 Å². The third kappa shape index (κ3) is 7.20. The monoisotopic (exact) mass is 551 g/mol. The third-order valence-corrected chi connectivity index (χ3v) is 7.68. The van der Waals surface area contributed by atoms with Crippen molar-refractivity contribution in [3.63, 3.8) is 0 Å². The Hall–Kier alpha value is -3.42. The highest BCUT2D eigenvalue weighted by molar-refractivity contribution is 6.04. The van der Waals surface area contributed by atoms with Gasteiger partial charge in [-0.05, 0) is 89.1 Å². The SMILES string of the molecule is Cc1ccccc1[C@H](C(=O)NC1CCCCC1)N(C(=O)C1CCCCN1C(=O)OC(C)(C)C)c1cccc(F)c1. The number of nitrogens with zero attached hydrogens (tertiary/aromatic N) is 2. The largest absolute Gasteiger partial charge is 0.444 e. The zero-order chi connectivity index (χ0) is 28.9. The molecule has 1 aliphatic carbocycles. The molecule has 2 aromatic carbocycles. The van der Waals surface area contributed by atoms with Gasteiger partial charge in [0.2, 0.25) is 5.91 Å². The van der Waals surface area contributed by atoms with Crippen LogP contribution in [0.1, 0.15) is 89.3 Å². The van der Waals surface area contributed by atoms with Crippen molar-refractivity contribution in [3.05, 3.63) is 65.5 Å². The van der Waals surface area contributed by atoms with E-state index in [2.05, 4.69) is 5.32 Å². The summed E-state index contributed by atoms with van der Waals surface area (Å²) in [6, 6.07) is 11.4. The lowest BCUT2D eigenvalue weighted by molar-refractivity contribution is -0.130. The fourth-order valence-electron chi connectivity index (χ4n) is 5.74. The summed E-state index contributed by atoms with van der Waals surface area (Å²) in [5.74, 6) is -1.25. The summed E-state index contributed by atoms with van der Waals surface area (Å²) < 4.78 is 20.3. The lowest BCUT2D eigenvalue weighted by Crippen LogP contribution is -2.57. The van der Waals surface area contributed by atoms with Crippen LogP contribution in [0, 0.1) is 12.7 Å². The van der Waals surface area contributed by atoms with Crippen molar-refractivity contribution in [1.82, 2.24) is 10.2 Å². The summed E-state index contributed by atoms with van der Waals surface area (Å²) in [6.07, 6.45) is 6.34. The van der Waals surface area contributed by atoms with Gasteiger partial charge >= 0.3 is 6.09 Å². The van der Waals surface area contributed by atoms with Gasteiger partial charge in [0.15, 0.2) is 0 Å². The van der Waals surface area contributed by atoms with Gasteiger partial charge in [0, 0.05) is 18.3 Å². The van der Waals surface area contributed by atoms with Crippen molar-refractivity contribution in [1.29, 1.82) is 0 Å². The highest BCUT2D eigenvalue weighted by Gasteiger charge is 2.42. The number of hydrogen-bond donors (Lipinski definition) is 1. The summed E-state index contributed by atoms with van der Waals surface area (Å²) in [5, 5.41) is 3.20. The molecule has 2 atom stereocenters. The van der Waals surface area contributed by atoms with Gasteiger partial charge in [0.1, 0.15) is 23.5 Å². The maximum atomic E-state index is 14.6. The lowest BCUT2D eigenvalue weighted by Gasteiger charge is -2.41. The molecule has 0 radical (unpaired) electrons. The van der Waals surface area contributed by atoms with E-state index >= 15 is 0 Å². The van der Waals surface area contributed by atoms with E-state index in [1.807, 2.05) is 31.2 Å².